The molecule has 1 aromatic heterocycles. The number of amides is 1. The molecule has 0 atom stereocenters. The molecule has 3 aromatic rings. The maximum absolute atomic E-state index is 13.0. The van der Waals surface area contributed by atoms with Gasteiger partial charge in [-0.1, -0.05) is 13.8 Å². The SMILES string of the molecule is CCOc1ccc(Oc2ccc(S(=O)(=O)N(CC)CC)cc2NC(=O)Cn2cc(C)cn2)cc1. The van der Waals surface area contributed by atoms with Crippen molar-refractivity contribution in [3.63, 3.8) is 0 Å². The number of hydrogen-bond acceptors (Lipinski definition) is 6. The zero-order valence-electron chi connectivity index (χ0n) is 19.8. The van der Waals surface area contributed by atoms with Gasteiger partial charge in [-0.2, -0.15) is 9.40 Å². The number of benzene rings is 2. The fraction of sp³-hybridized carbons (Fsp3) is 0.333. The van der Waals surface area contributed by atoms with E-state index in [2.05, 4.69) is 10.4 Å². The van der Waals surface area contributed by atoms with E-state index in [1.54, 1.807) is 56.6 Å². The summed E-state index contributed by atoms with van der Waals surface area (Å²) in [6.45, 7) is 8.53. The molecular weight excluding hydrogens is 456 g/mol. The molecule has 2 aromatic carbocycles. The Morgan fingerprint density at radius 3 is 2.32 bits per heavy atom. The van der Waals surface area contributed by atoms with Crippen molar-refractivity contribution in [2.75, 3.05) is 25.0 Å². The predicted molar refractivity (Wildman–Crippen MR) is 130 cm³/mol. The summed E-state index contributed by atoms with van der Waals surface area (Å²) in [5.74, 6) is 1.17. The van der Waals surface area contributed by atoms with Gasteiger partial charge in [-0.3, -0.25) is 9.48 Å². The molecule has 0 spiro atoms. The number of anilines is 1. The Balaban J connectivity index is 1.92. The maximum Gasteiger partial charge on any atom is 0.246 e. The minimum atomic E-state index is -3.72. The second-order valence-electron chi connectivity index (χ2n) is 7.52. The lowest BCUT2D eigenvalue weighted by molar-refractivity contribution is -0.116. The fourth-order valence-corrected chi connectivity index (χ4v) is 4.84. The van der Waals surface area contributed by atoms with Crippen LogP contribution in [0, 0.1) is 6.92 Å². The molecule has 1 N–H and O–H groups in total. The molecule has 1 heterocycles. The van der Waals surface area contributed by atoms with Gasteiger partial charge in [0.25, 0.3) is 0 Å². The van der Waals surface area contributed by atoms with Crippen molar-refractivity contribution >= 4 is 21.6 Å². The van der Waals surface area contributed by atoms with E-state index in [4.69, 9.17) is 9.47 Å². The van der Waals surface area contributed by atoms with Gasteiger partial charge in [0.1, 0.15) is 18.0 Å². The number of hydrogen-bond donors (Lipinski definition) is 1. The largest absolute Gasteiger partial charge is 0.494 e. The first kappa shape index (κ1) is 25.3. The summed E-state index contributed by atoms with van der Waals surface area (Å²) in [6.07, 6.45) is 3.41. The highest BCUT2D eigenvalue weighted by Gasteiger charge is 2.23. The molecule has 9 nitrogen and oxygen atoms in total. The van der Waals surface area contributed by atoms with Crippen molar-refractivity contribution in [1.82, 2.24) is 14.1 Å². The lowest BCUT2D eigenvalue weighted by Gasteiger charge is -2.20. The van der Waals surface area contributed by atoms with E-state index in [0.29, 0.717) is 36.9 Å². The summed E-state index contributed by atoms with van der Waals surface area (Å²) >= 11 is 0. The van der Waals surface area contributed by atoms with Crippen molar-refractivity contribution in [1.29, 1.82) is 0 Å². The number of rotatable bonds is 11. The maximum atomic E-state index is 13.0. The zero-order valence-corrected chi connectivity index (χ0v) is 20.6. The summed E-state index contributed by atoms with van der Waals surface area (Å²) < 4.78 is 40.4. The van der Waals surface area contributed by atoms with Crippen molar-refractivity contribution < 1.29 is 22.7 Å². The van der Waals surface area contributed by atoms with E-state index in [9.17, 15) is 13.2 Å². The summed E-state index contributed by atoms with van der Waals surface area (Å²) in [7, 11) is -3.72. The standard InChI is InChI=1S/C24H30N4O5S/c1-5-28(6-2)34(30,31)21-12-13-23(33-20-10-8-19(9-11-20)32-7-3)22(14-21)26-24(29)17-27-16-18(4)15-25-27/h8-16H,5-7,17H2,1-4H3,(H,26,29). The molecule has 0 aliphatic carbocycles. The molecule has 0 aliphatic rings. The number of ether oxygens (including phenoxy) is 2. The van der Waals surface area contributed by atoms with Crippen LogP contribution in [0.15, 0.2) is 59.8 Å². The van der Waals surface area contributed by atoms with Gasteiger partial charge in [-0.15, -0.1) is 0 Å². The zero-order chi connectivity index (χ0) is 24.7. The van der Waals surface area contributed by atoms with Gasteiger partial charge in [-0.25, -0.2) is 8.42 Å². The molecule has 0 bridgehead atoms. The molecule has 34 heavy (non-hydrogen) atoms. The van der Waals surface area contributed by atoms with Crippen LogP contribution in [0.25, 0.3) is 0 Å². The van der Waals surface area contributed by atoms with E-state index in [-0.39, 0.29) is 23.0 Å². The second-order valence-corrected chi connectivity index (χ2v) is 9.46. The molecule has 10 heteroatoms. The van der Waals surface area contributed by atoms with Gasteiger partial charge in [-0.05, 0) is 61.9 Å². The smallest absolute Gasteiger partial charge is 0.246 e. The lowest BCUT2D eigenvalue weighted by atomic mass is 10.2. The number of aromatic nitrogens is 2. The van der Waals surface area contributed by atoms with E-state index < -0.39 is 10.0 Å². The van der Waals surface area contributed by atoms with Crippen LogP contribution in [0.1, 0.15) is 26.3 Å². The van der Waals surface area contributed by atoms with Crippen molar-refractivity contribution in [2.45, 2.75) is 39.1 Å². The molecule has 0 unspecified atom stereocenters. The highest BCUT2D eigenvalue weighted by molar-refractivity contribution is 7.89. The van der Waals surface area contributed by atoms with Crippen molar-refractivity contribution in [3.8, 4) is 17.2 Å². The van der Waals surface area contributed by atoms with Crippen LogP contribution in [-0.4, -0.2) is 48.1 Å². The minimum absolute atomic E-state index is 0.0244. The minimum Gasteiger partial charge on any atom is -0.494 e. The molecule has 182 valence electrons. The number of carbonyl (C=O) groups is 1. The van der Waals surface area contributed by atoms with Crippen molar-refractivity contribution in [3.05, 3.63) is 60.4 Å². The van der Waals surface area contributed by atoms with Crippen LogP contribution < -0.4 is 14.8 Å². The third-order valence-electron chi connectivity index (χ3n) is 5.00. The lowest BCUT2D eigenvalue weighted by Crippen LogP contribution is -2.30. The quantitative estimate of drug-likeness (QED) is 0.439. The Kier molecular flexibility index (Phi) is 8.30. The third-order valence-corrected chi connectivity index (χ3v) is 7.04. The van der Waals surface area contributed by atoms with Crippen LogP contribution >= 0.6 is 0 Å². The van der Waals surface area contributed by atoms with E-state index >= 15 is 0 Å². The van der Waals surface area contributed by atoms with Crippen LogP contribution in [0.5, 0.6) is 17.2 Å². The van der Waals surface area contributed by atoms with Crippen LogP contribution in [-0.2, 0) is 21.4 Å². The normalized spacial score (nSPS) is 11.4. The molecule has 0 saturated carbocycles. The van der Waals surface area contributed by atoms with Gasteiger partial charge in [0.15, 0.2) is 5.75 Å². The van der Waals surface area contributed by atoms with Crippen LogP contribution in [0.2, 0.25) is 0 Å². The first-order valence-electron chi connectivity index (χ1n) is 11.1. The topological polar surface area (TPSA) is 103 Å². The summed E-state index contributed by atoms with van der Waals surface area (Å²) in [6, 6.07) is 11.5. The Morgan fingerprint density at radius 2 is 1.74 bits per heavy atom. The predicted octanol–water partition coefficient (Wildman–Crippen LogP) is 4.05. The number of carbonyl (C=O) groups excluding carboxylic acids is 1. The van der Waals surface area contributed by atoms with Crippen molar-refractivity contribution in [2.24, 2.45) is 0 Å². The Morgan fingerprint density at radius 1 is 1.06 bits per heavy atom. The molecule has 0 radical (unpaired) electrons. The monoisotopic (exact) mass is 486 g/mol. The average Bonchev–Trinajstić information content (AvgIpc) is 3.21. The average molecular weight is 487 g/mol. The van der Waals surface area contributed by atoms with E-state index in [1.807, 2.05) is 13.8 Å². The van der Waals surface area contributed by atoms with Crippen LogP contribution in [0.4, 0.5) is 5.69 Å². The number of nitrogens with zero attached hydrogens (tertiary/aromatic N) is 3. The molecule has 1 amide bonds. The van der Waals surface area contributed by atoms with Gasteiger partial charge >= 0.3 is 0 Å². The molecule has 0 saturated heterocycles. The summed E-state index contributed by atoms with van der Waals surface area (Å²) in [5, 5.41) is 6.90. The van der Waals surface area contributed by atoms with Crippen LogP contribution in [0.3, 0.4) is 0 Å². The number of aryl methyl sites for hydroxylation is 1. The Bertz CT molecular complexity index is 1220. The molecule has 0 aliphatic heterocycles. The van der Waals surface area contributed by atoms with E-state index in [1.165, 1.54) is 21.1 Å². The highest BCUT2D eigenvalue weighted by Crippen LogP contribution is 2.33. The van der Waals surface area contributed by atoms with Gasteiger partial charge in [0, 0.05) is 19.3 Å². The molecular formula is C24H30N4O5S. The highest BCUT2D eigenvalue weighted by atomic mass is 32.2. The van der Waals surface area contributed by atoms with E-state index in [0.717, 1.165) is 5.56 Å². The number of sulfonamides is 1. The first-order chi connectivity index (χ1) is 16.3. The third kappa shape index (κ3) is 6.15. The Labute approximate surface area is 200 Å². The molecule has 3 rings (SSSR count). The summed E-state index contributed by atoms with van der Waals surface area (Å²) in [4.78, 5) is 12.8. The summed E-state index contributed by atoms with van der Waals surface area (Å²) in [5.41, 5.74) is 1.18. The first-order valence-corrected chi connectivity index (χ1v) is 12.5. The van der Waals surface area contributed by atoms with Gasteiger partial charge < -0.3 is 14.8 Å². The Hall–Kier alpha value is -3.37. The molecule has 0 fully saturated rings. The number of nitrogens with one attached hydrogen (secondary N) is 1. The van der Waals surface area contributed by atoms with Gasteiger partial charge in [0.2, 0.25) is 15.9 Å². The van der Waals surface area contributed by atoms with Gasteiger partial charge in [0.05, 0.1) is 23.4 Å². The second kappa shape index (κ2) is 11.2. The fourth-order valence-electron chi connectivity index (χ4n) is 3.36.